The molecule has 0 fully saturated rings. The number of alkyl halides is 3. The Morgan fingerprint density at radius 3 is 2.60 bits per heavy atom. The predicted molar refractivity (Wildman–Crippen MR) is 63.4 cm³/mol. The molecule has 2 N–H and O–H groups in total. The zero-order valence-corrected chi connectivity index (χ0v) is 10.2. The van der Waals surface area contributed by atoms with E-state index in [2.05, 4.69) is 11.8 Å². The summed E-state index contributed by atoms with van der Waals surface area (Å²) in [4.78, 5) is 11.4. The number of nitrogens with one attached hydrogen (secondary N) is 1. The molecular weight excluding hydrogens is 278 g/mol. The summed E-state index contributed by atoms with van der Waals surface area (Å²) < 4.78 is 49.3. The van der Waals surface area contributed by atoms with Crippen LogP contribution in [0.5, 0.6) is 0 Å². The van der Waals surface area contributed by atoms with E-state index in [-0.39, 0.29) is 24.2 Å². The molecule has 0 saturated carbocycles. The molecule has 20 heavy (non-hydrogen) atoms. The number of aliphatic hydroxyl groups is 1. The monoisotopic (exact) mass is 289 g/mol. The fourth-order valence-electron chi connectivity index (χ4n) is 1.25. The highest BCUT2D eigenvalue weighted by atomic mass is 19.4. The third kappa shape index (κ3) is 5.28. The molecule has 0 saturated heterocycles. The summed E-state index contributed by atoms with van der Waals surface area (Å²) in [5.74, 6) is 3.11. The highest BCUT2D eigenvalue weighted by Crippen LogP contribution is 2.13. The second kappa shape index (κ2) is 6.91. The van der Waals surface area contributed by atoms with Gasteiger partial charge in [0.05, 0.1) is 12.2 Å². The van der Waals surface area contributed by atoms with Crippen LogP contribution in [0.1, 0.15) is 22.3 Å². The van der Waals surface area contributed by atoms with E-state index in [1.807, 2.05) is 0 Å². The zero-order chi connectivity index (χ0) is 15.2. The molecule has 3 nitrogen and oxygen atoms in total. The average Bonchev–Trinajstić information content (AvgIpc) is 2.37. The largest absolute Gasteiger partial charge is 0.405 e. The Morgan fingerprint density at radius 1 is 1.35 bits per heavy atom. The Kier molecular flexibility index (Phi) is 5.53. The maximum atomic E-state index is 13.5. The Morgan fingerprint density at radius 2 is 2.05 bits per heavy atom. The number of hydrogen-bond donors (Lipinski definition) is 2. The normalized spacial score (nSPS) is 10.7. The number of benzene rings is 1. The van der Waals surface area contributed by atoms with Crippen LogP contribution in [0.25, 0.3) is 0 Å². The lowest BCUT2D eigenvalue weighted by Gasteiger charge is -2.08. The van der Waals surface area contributed by atoms with Gasteiger partial charge in [0.1, 0.15) is 12.4 Å². The first-order chi connectivity index (χ1) is 9.33. The summed E-state index contributed by atoms with van der Waals surface area (Å²) in [7, 11) is 0. The topological polar surface area (TPSA) is 49.3 Å². The van der Waals surface area contributed by atoms with E-state index in [9.17, 15) is 22.4 Å². The molecule has 108 valence electrons. The van der Waals surface area contributed by atoms with Crippen LogP contribution in [0.4, 0.5) is 17.6 Å². The molecule has 0 aliphatic carbocycles. The predicted octanol–water partition coefficient (Wildman–Crippen LogP) is 1.85. The van der Waals surface area contributed by atoms with Crippen LogP contribution in [0.2, 0.25) is 0 Å². The maximum Gasteiger partial charge on any atom is 0.405 e. The van der Waals surface area contributed by atoms with Gasteiger partial charge < -0.3 is 10.4 Å². The van der Waals surface area contributed by atoms with Gasteiger partial charge in [0.15, 0.2) is 0 Å². The van der Waals surface area contributed by atoms with Gasteiger partial charge in [-0.1, -0.05) is 11.8 Å². The van der Waals surface area contributed by atoms with E-state index in [4.69, 9.17) is 5.11 Å². The number of aliphatic hydroxyl groups excluding tert-OH is 1. The summed E-state index contributed by atoms with van der Waals surface area (Å²) in [6, 6.07) is 3.19. The number of carbonyl (C=O) groups excluding carboxylic acids is 1. The van der Waals surface area contributed by atoms with Crippen LogP contribution < -0.4 is 5.32 Å². The first kappa shape index (κ1) is 16.0. The second-order valence-electron chi connectivity index (χ2n) is 3.77. The van der Waals surface area contributed by atoms with Gasteiger partial charge in [-0.15, -0.1) is 0 Å². The average molecular weight is 289 g/mol. The van der Waals surface area contributed by atoms with Gasteiger partial charge >= 0.3 is 6.18 Å². The first-order valence-electron chi connectivity index (χ1n) is 5.57. The Bertz CT molecular complexity index is 544. The van der Waals surface area contributed by atoms with E-state index >= 15 is 0 Å². The molecule has 0 bridgehead atoms. The lowest BCUT2D eigenvalue weighted by molar-refractivity contribution is -0.123. The van der Waals surface area contributed by atoms with Crippen molar-refractivity contribution in [2.75, 3.05) is 13.2 Å². The Hall–Kier alpha value is -2.07. The SMILES string of the molecule is O=C(NCC(F)(F)F)c1ccc(C#CCCO)c(F)c1. The van der Waals surface area contributed by atoms with Gasteiger partial charge in [0, 0.05) is 12.0 Å². The van der Waals surface area contributed by atoms with Crippen molar-refractivity contribution >= 4 is 5.91 Å². The van der Waals surface area contributed by atoms with E-state index < -0.39 is 24.4 Å². The van der Waals surface area contributed by atoms with Crippen molar-refractivity contribution in [2.45, 2.75) is 12.6 Å². The zero-order valence-electron chi connectivity index (χ0n) is 10.2. The molecule has 0 aliphatic heterocycles. The molecule has 0 aliphatic rings. The van der Waals surface area contributed by atoms with Gasteiger partial charge in [-0.2, -0.15) is 13.2 Å². The third-order valence-corrected chi connectivity index (χ3v) is 2.14. The van der Waals surface area contributed by atoms with Crippen LogP contribution in [-0.2, 0) is 0 Å². The van der Waals surface area contributed by atoms with Crippen molar-refractivity contribution in [1.29, 1.82) is 0 Å². The quantitative estimate of drug-likeness (QED) is 0.659. The molecular formula is C13H11F4NO2. The van der Waals surface area contributed by atoms with Crippen molar-refractivity contribution in [3.8, 4) is 11.8 Å². The first-order valence-corrected chi connectivity index (χ1v) is 5.57. The van der Waals surface area contributed by atoms with Crippen LogP contribution in [-0.4, -0.2) is 30.3 Å². The van der Waals surface area contributed by atoms with Gasteiger partial charge in [-0.05, 0) is 18.2 Å². The highest BCUT2D eigenvalue weighted by Gasteiger charge is 2.27. The number of halogens is 4. The maximum absolute atomic E-state index is 13.5. The second-order valence-corrected chi connectivity index (χ2v) is 3.77. The van der Waals surface area contributed by atoms with Crippen molar-refractivity contribution in [3.63, 3.8) is 0 Å². The summed E-state index contributed by atoms with van der Waals surface area (Å²) in [5, 5.41) is 10.2. The molecule has 1 amide bonds. The minimum atomic E-state index is -4.52. The molecule has 7 heteroatoms. The van der Waals surface area contributed by atoms with Crippen LogP contribution in [0.15, 0.2) is 18.2 Å². The Labute approximate surface area is 112 Å². The molecule has 0 heterocycles. The molecule has 1 aromatic carbocycles. The highest BCUT2D eigenvalue weighted by molar-refractivity contribution is 5.94. The van der Waals surface area contributed by atoms with E-state index in [1.165, 1.54) is 12.1 Å². The van der Waals surface area contributed by atoms with Crippen LogP contribution >= 0.6 is 0 Å². The molecule has 0 spiro atoms. The molecule has 0 atom stereocenters. The molecule has 1 rings (SSSR count). The Balaban J connectivity index is 2.77. The third-order valence-electron chi connectivity index (χ3n) is 2.14. The molecule has 0 unspecified atom stereocenters. The fraction of sp³-hybridized carbons (Fsp3) is 0.308. The standard InChI is InChI=1S/C13H11F4NO2/c14-11-7-10(12(20)18-8-13(15,16)17)5-4-9(11)3-1-2-6-19/h4-5,7,19H,2,6,8H2,(H,18,20). The van der Waals surface area contributed by atoms with Crippen molar-refractivity contribution in [1.82, 2.24) is 5.32 Å². The van der Waals surface area contributed by atoms with E-state index in [1.54, 1.807) is 5.32 Å². The number of carbonyl (C=O) groups is 1. The summed E-state index contributed by atoms with van der Waals surface area (Å²) in [6.07, 6.45) is -4.35. The minimum absolute atomic E-state index is 0.00539. The van der Waals surface area contributed by atoms with Gasteiger partial charge in [-0.3, -0.25) is 4.79 Å². The number of hydrogen-bond acceptors (Lipinski definition) is 2. The van der Waals surface area contributed by atoms with Crippen LogP contribution in [0, 0.1) is 17.7 Å². The van der Waals surface area contributed by atoms with Crippen molar-refractivity contribution in [2.24, 2.45) is 0 Å². The molecule has 0 aromatic heterocycles. The number of amides is 1. The van der Waals surface area contributed by atoms with Gasteiger partial charge in [0.2, 0.25) is 0 Å². The summed E-state index contributed by atoms with van der Waals surface area (Å²) >= 11 is 0. The van der Waals surface area contributed by atoms with Gasteiger partial charge in [-0.25, -0.2) is 4.39 Å². The van der Waals surface area contributed by atoms with Crippen molar-refractivity contribution < 1.29 is 27.5 Å². The summed E-state index contributed by atoms with van der Waals surface area (Å²) in [5.41, 5.74) is -0.217. The van der Waals surface area contributed by atoms with E-state index in [0.29, 0.717) is 0 Å². The lowest BCUT2D eigenvalue weighted by Crippen LogP contribution is -2.33. The molecule has 1 aromatic rings. The van der Waals surface area contributed by atoms with Gasteiger partial charge in [0.25, 0.3) is 5.91 Å². The fourth-order valence-corrected chi connectivity index (χ4v) is 1.25. The summed E-state index contributed by atoms with van der Waals surface area (Å²) in [6.45, 7) is -1.64. The van der Waals surface area contributed by atoms with E-state index in [0.717, 1.165) is 6.07 Å². The molecule has 0 radical (unpaired) electrons. The smallest absolute Gasteiger partial charge is 0.395 e. The minimum Gasteiger partial charge on any atom is -0.395 e. The van der Waals surface area contributed by atoms with Crippen LogP contribution in [0.3, 0.4) is 0 Å². The lowest BCUT2D eigenvalue weighted by atomic mass is 10.1. The van der Waals surface area contributed by atoms with Crippen molar-refractivity contribution in [3.05, 3.63) is 35.1 Å². The number of rotatable bonds is 3.